The fraction of sp³-hybridized carbons (Fsp3) is 0.172. The molecule has 0 spiro atoms. The highest BCUT2D eigenvalue weighted by molar-refractivity contribution is 6.35. The molecule has 210 valence electrons. The molecule has 9 nitrogen and oxygen atoms in total. The van der Waals surface area contributed by atoms with Gasteiger partial charge >= 0.3 is 6.16 Å². The van der Waals surface area contributed by atoms with Crippen LogP contribution in [0.3, 0.4) is 0 Å². The normalized spacial score (nSPS) is 14.8. The Morgan fingerprint density at radius 1 is 1.10 bits per heavy atom. The number of halogens is 3. The number of hydroxylamine groups is 2. The number of nitrogens with zero attached hydrogens (tertiary/aromatic N) is 4. The maximum Gasteiger partial charge on any atom is 0.527 e. The molecule has 12 heteroatoms. The first-order chi connectivity index (χ1) is 19.7. The van der Waals surface area contributed by atoms with Crippen molar-refractivity contribution in [3.05, 3.63) is 111 Å². The molecule has 0 saturated heterocycles. The zero-order valence-electron chi connectivity index (χ0n) is 22.0. The number of aromatic nitrogens is 3. The summed E-state index contributed by atoms with van der Waals surface area (Å²) in [6.07, 6.45) is 2.52. The number of carbonyl (C=O) groups is 2. The molecule has 1 aliphatic heterocycles. The zero-order valence-corrected chi connectivity index (χ0v) is 23.5. The smallest absolute Gasteiger partial charge is 0.436 e. The second kappa shape index (κ2) is 12.1. The fourth-order valence-electron chi connectivity index (χ4n) is 4.49. The van der Waals surface area contributed by atoms with Gasteiger partial charge in [0.2, 0.25) is 0 Å². The van der Waals surface area contributed by atoms with Gasteiger partial charge in [-0.2, -0.15) is 5.10 Å². The number of hydrogen-bond donors (Lipinski definition) is 1. The van der Waals surface area contributed by atoms with Gasteiger partial charge in [-0.25, -0.2) is 13.9 Å². The predicted molar refractivity (Wildman–Crippen MR) is 152 cm³/mol. The maximum atomic E-state index is 13.7. The van der Waals surface area contributed by atoms with E-state index in [2.05, 4.69) is 15.0 Å². The van der Waals surface area contributed by atoms with Crippen LogP contribution in [0.4, 0.5) is 9.18 Å². The molecule has 3 heterocycles. The molecule has 1 atom stereocenters. The SMILES string of the molecule is COC(=O)ON1C/C(=C\c2ccc(F)cc2)c2c(c(C(=O)NC(C)c3ccccn3)nn2-c2ccc(Cl)cc2Cl)C1. The number of rotatable bonds is 6. The number of hydrogen-bond acceptors (Lipinski definition) is 7. The van der Waals surface area contributed by atoms with E-state index < -0.39 is 18.1 Å². The largest absolute Gasteiger partial charge is 0.527 e. The van der Waals surface area contributed by atoms with Crippen LogP contribution in [0.25, 0.3) is 17.3 Å². The van der Waals surface area contributed by atoms with E-state index in [4.69, 9.17) is 33.1 Å². The Morgan fingerprint density at radius 3 is 2.56 bits per heavy atom. The summed E-state index contributed by atoms with van der Waals surface area (Å²) in [5.74, 6) is -0.851. The molecule has 4 aromatic rings. The number of fused-ring (bicyclic) bond motifs is 1. The summed E-state index contributed by atoms with van der Waals surface area (Å²) >= 11 is 12.7. The molecule has 5 rings (SSSR count). The van der Waals surface area contributed by atoms with Crippen molar-refractivity contribution in [3.8, 4) is 5.69 Å². The summed E-state index contributed by atoms with van der Waals surface area (Å²) in [7, 11) is 1.20. The van der Waals surface area contributed by atoms with Crippen molar-refractivity contribution in [3.63, 3.8) is 0 Å². The molecule has 0 radical (unpaired) electrons. The van der Waals surface area contributed by atoms with Crippen molar-refractivity contribution < 1.29 is 23.6 Å². The molecule has 0 aliphatic carbocycles. The first kappa shape index (κ1) is 28.3. The van der Waals surface area contributed by atoms with Crippen molar-refractivity contribution in [2.45, 2.75) is 19.5 Å². The van der Waals surface area contributed by atoms with E-state index in [0.29, 0.717) is 43.8 Å². The summed E-state index contributed by atoms with van der Waals surface area (Å²) in [6, 6.07) is 15.8. The van der Waals surface area contributed by atoms with Gasteiger partial charge < -0.3 is 14.9 Å². The number of ether oxygens (including phenoxy) is 1. The Balaban J connectivity index is 1.66. The van der Waals surface area contributed by atoms with Crippen molar-refractivity contribution in [1.82, 2.24) is 25.1 Å². The van der Waals surface area contributed by atoms with Gasteiger partial charge in [0.15, 0.2) is 5.69 Å². The van der Waals surface area contributed by atoms with Crippen LogP contribution in [0.2, 0.25) is 10.0 Å². The summed E-state index contributed by atoms with van der Waals surface area (Å²) in [4.78, 5) is 35.4. The van der Waals surface area contributed by atoms with Gasteiger partial charge in [0.1, 0.15) is 5.82 Å². The second-order valence-electron chi connectivity index (χ2n) is 9.20. The molecule has 41 heavy (non-hydrogen) atoms. The van der Waals surface area contributed by atoms with E-state index in [1.807, 2.05) is 19.1 Å². The minimum atomic E-state index is -0.919. The zero-order chi connectivity index (χ0) is 29.1. The van der Waals surface area contributed by atoms with E-state index in [1.165, 1.54) is 24.3 Å². The van der Waals surface area contributed by atoms with Crippen molar-refractivity contribution in [2.24, 2.45) is 0 Å². The molecular weight excluding hydrogens is 572 g/mol. The maximum absolute atomic E-state index is 13.7. The lowest BCUT2D eigenvalue weighted by Gasteiger charge is -2.28. The van der Waals surface area contributed by atoms with Gasteiger partial charge in [-0.15, -0.1) is 5.06 Å². The molecule has 0 bridgehead atoms. The average molecular weight is 596 g/mol. The highest BCUT2D eigenvalue weighted by Gasteiger charge is 2.34. The van der Waals surface area contributed by atoms with E-state index >= 15 is 0 Å². The van der Waals surface area contributed by atoms with Crippen LogP contribution >= 0.6 is 23.2 Å². The quantitative estimate of drug-likeness (QED) is 0.263. The predicted octanol–water partition coefficient (Wildman–Crippen LogP) is 6.26. The highest BCUT2D eigenvalue weighted by Crippen LogP contribution is 2.36. The molecule has 1 unspecified atom stereocenters. The molecule has 1 N–H and O–H groups in total. The molecule has 1 aliphatic rings. The molecule has 0 saturated carbocycles. The lowest BCUT2D eigenvalue weighted by molar-refractivity contribution is -0.123. The monoisotopic (exact) mass is 595 g/mol. The van der Waals surface area contributed by atoms with Crippen molar-refractivity contribution in [2.75, 3.05) is 13.7 Å². The van der Waals surface area contributed by atoms with E-state index in [9.17, 15) is 14.0 Å². The summed E-state index contributed by atoms with van der Waals surface area (Å²) in [6.45, 7) is 1.95. The van der Waals surface area contributed by atoms with Crippen LogP contribution in [0.5, 0.6) is 0 Å². The number of carbonyl (C=O) groups excluding carboxylic acids is 2. The van der Waals surface area contributed by atoms with Crippen LogP contribution < -0.4 is 5.32 Å². The Morgan fingerprint density at radius 2 is 1.88 bits per heavy atom. The van der Waals surface area contributed by atoms with Gasteiger partial charge in [-0.05, 0) is 66.6 Å². The standard InChI is InChI=1S/C29H24Cl2FN5O4/c1-17(24-5-3-4-12-33-24)34-28(38)26-22-16-36(41-29(39)40-2)15-19(13-18-6-9-21(32)10-7-18)27(22)37(35-26)25-11-8-20(30)14-23(25)31/h3-14,17H,15-16H2,1-2H3,(H,34,38)/b19-13+. The second-order valence-corrected chi connectivity index (χ2v) is 10.0. The van der Waals surface area contributed by atoms with Gasteiger partial charge in [0.05, 0.1) is 48.3 Å². The minimum absolute atomic E-state index is 0.0249. The van der Waals surface area contributed by atoms with E-state index in [1.54, 1.807) is 53.4 Å². The Labute approximate surface area is 245 Å². The number of benzene rings is 2. The van der Waals surface area contributed by atoms with Gasteiger partial charge in [-0.3, -0.25) is 9.78 Å². The Hall–Kier alpha value is -4.25. The van der Waals surface area contributed by atoms with Crippen molar-refractivity contribution >= 4 is 46.9 Å². The molecule has 2 aromatic carbocycles. The number of methoxy groups -OCH3 is 1. The molecule has 1 amide bonds. The molecule has 2 aromatic heterocycles. The first-order valence-electron chi connectivity index (χ1n) is 12.5. The van der Waals surface area contributed by atoms with Crippen molar-refractivity contribution in [1.29, 1.82) is 0 Å². The number of nitrogens with one attached hydrogen (secondary N) is 1. The third-order valence-corrected chi connectivity index (χ3v) is 6.92. The Bertz CT molecular complexity index is 1630. The third kappa shape index (κ3) is 6.25. The Kier molecular flexibility index (Phi) is 8.34. The lowest BCUT2D eigenvalue weighted by Crippen LogP contribution is -2.34. The fourth-order valence-corrected chi connectivity index (χ4v) is 4.98. The topological polar surface area (TPSA) is 98.6 Å². The van der Waals surface area contributed by atoms with Crippen LogP contribution in [0.15, 0.2) is 66.9 Å². The van der Waals surface area contributed by atoms with Gasteiger partial charge in [-0.1, -0.05) is 41.4 Å². The number of pyridine rings is 1. The molecular formula is C29H24Cl2FN5O4. The summed E-state index contributed by atoms with van der Waals surface area (Å²) < 4.78 is 19.9. The van der Waals surface area contributed by atoms with Crippen LogP contribution in [0.1, 0.15) is 46.0 Å². The summed E-state index contributed by atoms with van der Waals surface area (Å²) in [5, 5.41) is 9.74. The third-order valence-electron chi connectivity index (χ3n) is 6.38. The van der Waals surface area contributed by atoms with E-state index in [-0.39, 0.29) is 24.6 Å². The minimum Gasteiger partial charge on any atom is -0.436 e. The van der Waals surface area contributed by atoms with Crippen LogP contribution in [-0.2, 0) is 16.1 Å². The highest BCUT2D eigenvalue weighted by atomic mass is 35.5. The average Bonchev–Trinajstić information content (AvgIpc) is 3.34. The number of amides is 1. The lowest BCUT2D eigenvalue weighted by atomic mass is 9.98. The first-order valence-corrected chi connectivity index (χ1v) is 13.3. The molecule has 0 fully saturated rings. The van der Waals surface area contributed by atoms with Crippen LogP contribution in [-0.4, -0.2) is 45.5 Å². The van der Waals surface area contributed by atoms with Gasteiger partial charge in [0.25, 0.3) is 5.91 Å². The summed E-state index contributed by atoms with van der Waals surface area (Å²) in [5.41, 5.74) is 3.59. The van der Waals surface area contributed by atoms with Crippen LogP contribution in [0, 0.1) is 5.82 Å². The van der Waals surface area contributed by atoms with E-state index in [0.717, 1.165) is 0 Å². The van der Waals surface area contributed by atoms with Gasteiger partial charge in [0, 0.05) is 16.8 Å².